The summed E-state index contributed by atoms with van der Waals surface area (Å²) in [4.78, 5) is 2.55. The summed E-state index contributed by atoms with van der Waals surface area (Å²) in [6.45, 7) is 2.15. The number of rotatable bonds is 4. The van der Waals surface area contributed by atoms with E-state index in [4.69, 9.17) is 0 Å². The van der Waals surface area contributed by atoms with Gasteiger partial charge in [-0.1, -0.05) is 12.1 Å². The molecular formula is C21H23F3N6. The highest BCUT2D eigenvalue weighted by Crippen LogP contribution is 2.34. The molecule has 0 amide bonds. The van der Waals surface area contributed by atoms with Crippen LogP contribution < -0.4 is 5.32 Å². The van der Waals surface area contributed by atoms with Crippen molar-refractivity contribution in [3.8, 4) is 11.3 Å². The molecular weight excluding hydrogens is 393 g/mol. The monoisotopic (exact) mass is 416 g/mol. The predicted molar refractivity (Wildman–Crippen MR) is 108 cm³/mol. The van der Waals surface area contributed by atoms with Crippen molar-refractivity contribution in [1.82, 2.24) is 24.9 Å². The van der Waals surface area contributed by atoms with Gasteiger partial charge in [0, 0.05) is 31.2 Å². The van der Waals surface area contributed by atoms with Crippen molar-refractivity contribution in [2.24, 2.45) is 7.05 Å². The minimum Gasteiger partial charge on any atom is -0.363 e. The highest BCUT2D eigenvalue weighted by Gasteiger charge is 2.33. The average Bonchev–Trinajstić information content (AvgIpc) is 3.51. The smallest absolute Gasteiger partial charge is 0.363 e. The van der Waals surface area contributed by atoms with Crippen LogP contribution in [0, 0.1) is 0 Å². The van der Waals surface area contributed by atoms with Crippen molar-refractivity contribution in [2.45, 2.75) is 43.9 Å². The van der Waals surface area contributed by atoms with Crippen LogP contribution in [0.3, 0.4) is 0 Å². The third kappa shape index (κ3) is 3.62. The van der Waals surface area contributed by atoms with Crippen molar-refractivity contribution in [2.75, 3.05) is 18.4 Å². The topological polar surface area (TPSA) is 58.9 Å². The lowest BCUT2D eigenvalue weighted by Crippen LogP contribution is -2.43. The predicted octanol–water partition coefficient (Wildman–Crippen LogP) is 4.09. The summed E-state index contributed by atoms with van der Waals surface area (Å²) in [6, 6.07) is 6.03. The molecule has 158 valence electrons. The first kappa shape index (κ1) is 19.3. The van der Waals surface area contributed by atoms with Gasteiger partial charge in [0.25, 0.3) is 0 Å². The Labute approximate surface area is 172 Å². The number of alkyl halides is 3. The van der Waals surface area contributed by atoms with E-state index in [2.05, 4.69) is 25.5 Å². The molecule has 3 heterocycles. The summed E-state index contributed by atoms with van der Waals surface area (Å²) in [5.74, 6) is 0.670. The number of fused-ring (bicyclic) bond motifs is 1. The number of piperidine rings is 1. The third-order valence-corrected chi connectivity index (χ3v) is 6.01. The Balaban J connectivity index is 1.45. The van der Waals surface area contributed by atoms with E-state index in [-0.39, 0.29) is 0 Å². The molecule has 2 aromatic heterocycles. The summed E-state index contributed by atoms with van der Waals surface area (Å²) in [5, 5.41) is 17.4. The van der Waals surface area contributed by atoms with Gasteiger partial charge in [-0.25, -0.2) is 0 Å². The van der Waals surface area contributed by atoms with Crippen LogP contribution in [-0.4, -0.2) is 50.1 Å². The highest BCUT2D eigenvalue weighted by molar-refractivity contribution is 5.97. The van der Waals surface area contributed by atoms with E-state index >= 15 is 0 Å². The van der Waals surface area contributed by atoms with Gasteiger partial charge in [-0.3, -0.25) is 9.58 Å². The fraction of sp³-hybridized carbons (Fsp3) is 0.476. The van der Waals surface area contributed by atoms with E-state index in [1.54, 1.807) is 10.9 Å². The first-order valence-corrected chi connectivity index (χ1v) is 10.3. The van der Waals surface area contributed by atoms with Gasteiger partial charge < -0.3 is 5.32 Å². The molecule has 1 aromatic carbocycles. The molecule has 5 rings (SSSR count). The fourth-order valence-electron chi connectivity index (χ4n) is 4.31. The van der Waals surface area contributed by atoms with E-state index < -0.39 is 11.7 Å². The van der Waals surface area contributed by atoms with Crippen molar-refractivity contribution in [1.29, 1.82) is 0 Å². The number of benzene rings is 1. The van der Waals surface area contributed by atoms with Crippen LogP contribution in [0.2, 0.25) is 0 Å². The van der Waals surface area contributed by atoms with E-state index in [9.17, 15) is 13.2 Å². The molecule has 1 atom stereocenters. The van der Waals surface area contributed by atoms with Gasteiger partial charge in [-0.2, -0.15) is 18.3 Å². The van der Waals surface area contributed by atoms with Crippen LogP contribution in [-0.2, 0) is 13.2 Å². The molecule has 1 aliphatic heterocycles. The number of nitrogens with one attached hydrogen (secondary N) is 1. The Kier molecular flexibility index (Phi) is 4.65. The van der Waals surface area contributed by atoms with Crippen molar-refractivity contribution >= 4 is 16.7 Å². The SMILES string of the molecule is Cn1ncc2c(-c3ccc(C(F)(F)F)cc3)nnc(N[C@@H]3CCCN(C4CC4)C3)c21. The standard InChI is InChI=1S/C21H23F3N6/c1-29-19-17(11-25-29)18(13-4-6-14(7-5-13)21(22,23)24)27-28-20(19)26-15-3-2-10-30(12-15)16-8-9-16/h4-7,11,15-16H,2-3,8-10,12H2,1H3,(H,26,28)/t15-/m1/s1. The number of nitrogens with zero attached hydrogens (tertiary/aromatic N) is 5. The highest BCUT2D eigenvalue weighted by atomic mass is 19.4. The van der Waals surface area contributed by atoms with Crippen LogP contribution in [0.1, 0.15) is 31.2 Å². The summed E-state index contributed by atoms with van der Waals surface area (Å²) >= 11 is 0. The Morgan fingerprint density at radius 2 is 1.83 bits per heavy atom. The molecule has 0 unspecified atom stereocenters. The van der Waals surface area contributed by atoms with E-state index in [1.807, 2.05) is 7.05 Å². The van der Waals surface area contributed by atoms with E-state index in [0.717, 1.165) is 55.0 Å². The van der Waals surface area contributed by atoms with Crippen LogP contribution in [0.15, 0.2) is 30.5 Å². The van der Waals surface area contributed by atoms with Gasteiger partial charge in [0.05, 0.1) is 17.1 Å². The zero-order chi connectivity index (χ0) is 20.9. The van der Waals surface area contributed by atoms with Crippen LogP contribution in [0.25, 0.3) is 22.2 Å². The molecule has 1 N–H and O–H groups in total. The Hall–Kier alpha value is -2.68. The number of halogens is 3. The number of likely N-dealkylation sites (tertiary alicyclic amines) is 1. The first-order valence-electron chi connectivity index (χ1n) is 10.3. The number of aryl methyl sites for hydroxylation is 1. The molecule has 0 bridgehead atoms. The first-order chi connectivity index (χ1) is 14.4. The lowest BCUT2D eigenvalue weighted by molar-refractivity contribution is -0.137. The molecule has 0 radical (unpaired) electrons. The van der Waals surface area contributed by atoms with Crippen LogP contribution in [0.5, 0.6) is 0 Å². The quantitative estimate of drug-likeness (QED) is 0.694. The fourth-order valence-corrected chi connectivity index (χ4v) is 4.31. The minimum absolute atomic E-state index is 0.295. The number of hydrogen-bond donors (Lipinski definition) is 1. The maximum atomic E-state index is 12.9. The Morgan fingerprint density at radius 3 is 2.53 bits per heavy atom. The van der Waals surface area contributed by atoms with Crippen LogP contribution in [0.4, 0.5) is 19.0 Å². The van der Waals surface area contributed by atoms with Crippen molar-refractivity contribution < 1.29 is 13.2 Å². The molecule has 0 spiro atoms. The lowest BCUT2D eigenvalue weighted by Gasteiger charge is -2.33. The molecule has 6 nitrogen and oxygen atoms in total. The van der Waals surface area contributed by atoms with Crippen LogP contribution >= 0.6 is 0 Å². The van der Waals surface area contributed by atoms with Crippen molar-refractivity contribution in [3.05, 3.63) is 36.0 Å². The normalized spacial score (nSPS) is 20.6. The van der Waals surface area contributed by atoms with Gasteiger partial charge in [0.1, 0.15) is 11.2 Å². The molecule has 1 aliphatic carbocycles. The number of anilines is 1. The maximum Gasteiger partial charge on any atom is 0.416 e. The second kappa shape index (κ2) is 7.23. The summed E-state index contributed by atoms with van der Waals surface area (Å²) in [5.41, 5.74) is 1.24. The largest absolute Gasteiger partial charge is 0.416 e. The van der Waals surface area contributed by atoms with E-state index in [0.29, 0.717) is 23.1 Å². The molecule has 1 saturated heterocycles. The Morgan fingerprint density at radius 1 is 1.07 bits per heavy atom. The maximum absolute atomic E-state index is 12.9. The van der Waals surface area contributed by atoms with Gasteiger partial charge in [-0.05, 0) is 44.4 Å². The zero-order valence-electron chi connectivity index (χ0n) is 16.7. The molecule has 9 heteroatoms. The van der Waals surface area contributed by atoms with Gasteiger partial charge in [-0.15, -0.1) is 10.2 Å². The van der Waals surface area contributed by atoms with Crippen molar-refractivity contribution in [3.63, 3.8) is 0 Å². The third-order valence-electron chi connectivity index (χ3n) is 6.01. The van der Waals surface area contributed by atoms with Gasteiger partial charge in [0.2, 0.25) is 0 Å². The van der Waals surface area contributed by atoms with Gasteiger partial charge in [0.15, 0.2) is 5.82 Å². The number of hydrogen-bond acceptors (Lipinski definition) is 5. The summed E-state index contributed by atoms with van der Waals surface area (Å²) in [7, 11) is 1.84. The van der Waals surface area contributed by atoms with E-state index in [1.165, 1.54) is 25.0 Å². The molecule has 30 heavy (non-hydrogen) atoms. The molecule has 2 aliphatic rings. The zero-order valence-corrected chi connectivity index (χ0v) is 16.7. The second-order valence-electron chi connectivity index (χ2n) is 8.21. The van der Waals surface area contributed by atoms with Gasteiger partial charge >= 0.3 is 6.18 Å². The lowest BCUT2D eigenvalue weighted by atomic mass is 10.0. The minimum atomic E-state index is -4.37. The summed E-state index contributed by atoms with van der Waals surface area (Å²) in [6.07, 6.45) is 2.14. The molecule has 1 saturated carbocycles. The Bertz CT molecular complexity index is 1060. The second-order valence-corrected chi connectivity index (χ2v) is 8.21. The average molecular weight is 416 g/mol. The number of aromatic nitrogens is 4. The molecule has 3 aromatic rings. The summed E-state index contributed by atoms with van der Waals surface area (Å²) < 4.78 is 40.4. The molecule has 2 fully saturated rings.